The van der Waals surface area contributed by atoms with E-state index in [9.17, 15) is 0 Å². The molecule has 0 aliphatic rings. The normalized spacial score (nSPS) is 11.7. The Balaban J connectivity index is 1.16. The Morgan fingerprint density at radius 3 is 1.80 bits per heavy atom. The highest BCUT2D eigenvalue weighted by Crippen LogP contribution is 2.49. The second kappa shape index (κ2) is 13.4. The van der Waals surface area contributed by atoms with Gasteiger partial charge in [-0.2, -0.15) is 0 Å². The zero-order valence-corrected chi connectivity index (χ0v) is 32.1. The van der Waals surface area contributed by atoms with Crippen LogP contribution in [-0.2, 0) is 0 Å². The van der Waals surface area contributed by atoms with E-state index in [4.69, 9.17) is 4.42 Å². The summed E-state index contributed by atoms with van der Waals surface area (Å²) in [5.41, 5.74) is 13.1. The van der Waals surface area contributed by atoms with E-state index in [1.54, 1.807) is 0 Å². The van der Waals surface area contributed by atoms with Crippen molar-refractivity contribution in [2.45, 2.75) is 0 Å². The minimum atomic E-state index is 0.865. The highest BCUT2D eigenvalue weighted by atomic mass is 16.3. The van der Waals surface area contributed by atoms with Crippen molar-refractivity contribution in [1.82, 2.24) is 4.57 Å². The molecule has 3 heteroatoms. The first-order valence-electron chi connectivity index (χ1n) is 20.2. The van der Waals surface area contributed by atoms with E-state index in [1.807, 2.05) is 0 Å². The number of benzene rings is 10. The summed E-state index contributed by atoms with van der Waals surface area (Å²) in [6.07, 6.45) is 0. The molecule has 0 aliphatic heterocycles. The molecule has 0 atom stereocenters. The third-order valence-corrected chi connectivity index (χ3v) is 12.0. The smallest absolute Gasteiger partial charge is 0.136 e. The van der Waals surface area contributed by atoms with E-state index >= 15 is 0 Å². The lowest BCUT2D eigenvalue weighted by molar-refractivity contribution is 0.669. The summed E-state index contributed by atoms with van der Waals surface area (Å²) in [5.74, 6) is 0. The highest BCUT2D eigenvalue weighted by Gasteiger charge is 2.24. The van der Waals surface area contributed by atoms with Crippen molar-refractivity contribution in [2.75, 3.05) is 4.90 Å². The maximum atomic E-state index is 6.61. The number of furan rings is 1. The molecule has 0 unspecified atom stereocenters. The maximum absolute atomic E-state index is 6.61. The van der Waals surface area contributed by atoms with Crippen molar-refractivity contribution >= 4 is 82.4 Å². The summed E-state index contributed by atoms with van der Waals surface area (Å²) < 4.78 is 8.99. The molecule has 3 nitrogen and oxygen atoms in total. The topological polar surface area (TPSA) is 21.3 Å². The summed E-state index contributed by atoms with van der Waals surface area (Å²) in [7, 11) is 0. The third-order valence-electron chi connectivity index (χ3n) is 12.0. The summed E-state index contributed by atoms with van der Waals surface area (Å²) in [6.45, 7) is 0. The largest absolute Gasteiger partial charge is 0.456 e. The van der Waals surface area contributed by atoms with E-state index < -0.39 is 0 Å². The first kappa shape index (κ1) is 33.3. The fraction of sp³-hybridized carbons (Fsp3) is 0. The van der Waals surface area contributed by atoms with Crippen LogP contribution in [0.5, 0.6) is 0 Å². The van der Waals surface area contributed by atoms with Crippen LogP contribution >= 0.6 is 0 Å². The number of anilines is 3. The molecule has 0 N–H and O–H groups in total. The lowest BCUT2D eigenvalue weighted by atomic mass is 9.92. The molecule has 0 saturated heterocycles. The molecule has 0 bridgehead atoms. The molecule has 12 aromatic rings. The Kier molecular flexibility index (Phi) is 7.54. The molecule has 0 radical (unpaired) electrons. The average molecular weight is 753 g/mol. The van der Waals surface area contributed by atoms with Gasteiger partial charge in [0.1, 0.15) is 11.2 Å². The predicted octanol–water partition coefficient (Wildman–Crippen LogP) is 15.8. The highest BCUT2D eigenvalue weighted by molar-refractivity contribution is 6.18. The SMILES string of the molecule is c1ccc(-c2ccc(N(c3ccc4c(c3)c3ccccc3n4-c3ccccc3)c3ccc4oc5ccccc5c4c3-c3ccc4ccc5ccccc5c4c3)cc2)cc1. The monoisotopic (exact) mass is 752 g/mol. The molecular weight excluding hydrogens is 717 g/mol. The molecule has 0 fully saturated rings. The van der Waals surface area contributed by atoms with Gasteiger partial charge in [0, 0.05) is 44.2 Å². The van der Waals surface area contributed by atoms with Crippen LogP contribution in [0.1, 0.15) is 0 Å². The van der Waals surface area contributed by atoms with Crippen LogP contribution in [0, 0.1) is 0 Å². The van der Waals surface area contributed by atoms with Crippen LogP contribution in [0.25, 0.3) is 93.2 Å². The van der Waals surface area contributed by atoms with Gasteiger partial charge in [-0.1, -0.05) is 146 Å². The number of rotatable bonds is 6. The Hall–Kier alpha value is -7.88. The van der Waals surface area contributed by atoms with Crippen molar-refractivity contribution in [2.24, 2.45) is 0 Å². The van der Waals surface area contributed by atoms with Gasteiger partial charge in [0.2, 0.25) is 0 Å². The van der Waals surface area contributed by atoms with Gasteiger partial charge in [0.15, 0.2) is 0 Å². The van der Waals surface area contributed by atoms with E-state index in [0.717, 1.165) is 55.8 Å². The predicted molar refractivity (Wildman–Crippen MR) is 249 cm³/mol. The van der Waals surface area contributed by atoms with Gasteiger partial charge >= 0.3 is 0 Å². The van der Waals surface area contributed by atoms with Crippen LogP contribution in [0.3, 0.4) is 0 Å². The summed E-state index contributed by atoms with van der Waals surface area (Å²) in [4.78, 5) is 2.44. The molecule has 276 valence electrons. The molecule has 59 heavy (non-hydrogen) atoms. The Bertz CT molecular complexity index is 3540. The standard InChI is InChI=1S/C56H36N2O/c1-3-13-37(14-4-1)38-27-29-43(30-28-38)57(44-31-32-51-49(36-44)46-19-9-11-21-50(46)58(51)42-16-5-2-6-17-42)52-33-34-54-56(47-20-10-12-22-53(47)59-54)55(52)41-26-25-40-24-23-39-15-7-8-18-45(39)48(40)35-41/h1-36H. The zero-order valence-electron chi connectivity index (χ0n) is 32.1. The Morgan fingerprint density at radius 1 is 0.356 bits per heavy atom. The Morgan fingerprint density at radius 2 is 0.966 bits per heavy atom. The molecule has 0 saturated carbocycles. The fourth-order valence-electron chi connectivity index (χ4n) is 9.26. The maximum Gasteiger partial charge on any atom is 0.136 e. The molecule has 2 aromatic heterocycles. The van der Waals surface area contributed by atoms with E-state index in [1.165, 1.54) is 54.5 Å². The number of hydrogen-bond acceptors (Lipinski definition) is 2. The molecule has 0 spiro atoms. The molecular formula is C56H36N2O. The second-order valence-corrected chi connectivity index (χ2v) is 15.3. The average Bonchev–Trinajstić information content (AvgIpc) is 3.85. The van der Waals surface area contributed by atoms with Gasteiger partial charge in [-0.25, -0.2) is 0 Å². The number of aromatic nitrogens is 1. The lowest BCUT2D eigenvalue weighted by Gasteiger charge is -2.29. The van der Waals surface area contributed by atoms with Gasteiger partial charge in [0.25, 0.3) is 0 Å². The van der Waals surface area contributed by atoms with Crippen LogP contribution in [0.4, 0.5) is 17.1 Å². The van der Waals surface area contributed by atoms with Crippen molar-refractivity contribution in [1.29, 1.82) is 0 Å². The fourth-order valence-corrected chi connectivity index (χ4v) is 9.26. The van der Waals surface area contributed by atoms with Crippen LogP contribution in [0.15, 0.2) is 223 Å². The van der Waals surface area contributed by atoms with E-state index in [2.05, 4.69) is 228 Å². The first-order valence-corrected chi connectivity index (χ1v) is 20.2. The van der Waals surface area contributed by atoms with Gasteiger partial charge in [0.05, 0.1) is 16.7 Å². The zero-order chi connectivity index (χ0) is 38.9. The Labute approximate surface area is 341 Å². The number of nitrogens with zero attached hydrogens (tertiary/aromatic N) is 2. The minimum absolute atomic E-state index is 0.865. The molecule has 12 rings (SSSR count). The molecule has 10 aromatic carbocycles. The van der Waals surface area contributed by atoms with Gasteiger partial charge in [-0.3, -0.25) is 0 Å². The molecule has 0 amide bonds. The van der Waals surface area contributed by atoms with Crippen molar-refractivity contribution < 1.29 is 4.42 Å². The van der Waals surface area contributed by atoms with E-state index in [0.29, 0.717) is 0 Å². The second-order valence-electron chi connectivity index (χ2n) is 15.3. The van der Waals surface area contributed by atoms with Gasteiger partial charge in [-0.05, 0) is 111 Å². The van der Waals surface area contributed by atoms with Gasteiger partial charge in [-0.15, -0.1) is 0 Å². The number of fused-ring (bicyclic) bond motifs is 9. The first-order chi connectivity index (χ1) is 29.3. The molecule has 2 heterocycles. The number of para-hydroxylation sites is 3. The summed E-state index contributed by atoms with van der Waals surface area (Å²) in [5, 5.41) is 9.52. The van der Waals surface area contributed by atoms with E-state index in [-0.39, 0.29) is 0 Å². The molecule has 0 aliphatic carbocycles. The van der Waals surface area contributed by atoms with Crippen molar-refractivity contribution in [3.8, 4) is 27.9 Å². The van der Waals surface area contributed by atoms with Crippen LogP contribution < -0.4 is 4.90 Å². The minimum Gasteiger partial charge on any atom is -0.456 e. The van der Waals surface area contributed by atoms with Crippen molar-refractivity contribution in [3.05, 3.63) is 218 Å². The summed E-state index contributed by atoms with van der Waals surface area (Å²) >= 11 is 0. The summed E-state index contributed by atoms with van der Waals surface area (Å²) in [6, 6.07) is 78.8. The van der Waals surface area contributed by atoms with Crippen molar-refractivity contribution in [3.63, 3.8) is 0 Å². The van der Waals surface area contributed by atoms with Gasteiger partial charge < -0.3 is 13.9 Å². The quantitative estimate of drug-likeness (QED) is 0.158. The lowest BCUT2D eigenvalue weighted by Crippen LogP contribution is -2.11. The van der Waals surface area contributed by atoms with Crippen LogP contribution in [-0.4, -0.2) is 4.57 Å². The third kappa shape index (κ3) is 5.36. The number of hydrogen-bond donors (Lipinski definition) is 0. The van der Waals surface area contributed by atoms with Crippen LogP contribution in [0.2, 0.25) is 0 Å².